The highest BCUT2D eigenvalue weighted by atomic mass is 16.5. The summed E-state index contributed by atoms with van der Waals surface area (Å²) in [5.41, 5.74) is 7.92. The molecule has 1 aromatic heterocycles. The van der Waals surface area contributed by atoms with Gasteiger partial charge in [0, 0.05) is 13.2 Å². The molecule has 0 saturated heterocycles. The van der Waals surface area contributed by atoms with E-state index in [2.05, 4.69) is 29.5 Å². The predicted molar refractivity (Wildman–Crippen MR) is 73.3 cm³/mol. The topological polar surface area (TPSA) is 53.1 Å². The van der Waals surface area contributed by atoms with Crippen molar-refractivity contribution < 1.29 is 4.74 Å². The Kier molecular flexibility index (Phi) is 4.33. The van der Waals surface area contributed by atoms with Crippen molar-refractivity contribution in [2.24, 2.45) is 5.73 Å². The maximum Gasteiger partial charge on any atom is 0.123 e. The molecule has 2 aromatic rings. The highest BCUT2D eigenvalue weighted by molar-refractivity contribution is 5.75. The van der Waals surface area contributed by atoms with Crippen molar-refractivity contribution in [3.05, 3.63) is 30.1 Å². The van der Waals surface area contributed by atoms with Gasteiger partial charge in [-0.25, -0.2) is 4.98 Å². The summed E-state index contributed by atoms with van der Waals surface area (Å²) >= 11 is 0. The molecule has 0 atom stereocenters. The molecule has 0 saturated carbocycles. The molecular formula is C14H21N3O. The Morgan fingerprint density at radius 3 is 2.83 bits per heavy atom. The van der Waals surface area contributed by atoms with Gasteiger partial charge in [0.25, 0.3) is 0 Å². The second-order valence-corrected chi connectivity index (χ2v) is 4.65. The lowest BCUT2D eigenvalue weighted by Crippen LogP contribution is -2.11. The maximum atomic E-state index is 5.75. The number of nitrogens with two attached hydrogens (primary N) is 1. The Balaban J connectivity index is 2.10. The van der Waals surface area contributed by atoms with Gasteiger partial charge < -0.3 is 15.0 Å². The van der Waals surface area contributed by atoms with Gasteiger partial charge in [0.15, 0.2) is 0 Å². The molecule has 0 aliphatic rings. The van der Waals surface area contributed by atoms with Gasteiger partial charge in [-0.2, -0.15) is 0 Å². The van der Waals surface area contributed by atoms with Gasteiger partial charge in [0.2, 0.25) is 0 Å². The van der Waals surface area contributed by atoms with Crippen molar-refractivity contribution in [1.29, 1.82) is 0 Å². The standard InChI is InChI=1S/C14H21N3O/c1-11(2)18-9-5-8-17-13-7-4-3-6-12(13)16-14(17)10-15/h3-4,6-7,11H,5,8-10,15H2,1-2H3. The van der Waals surface area contributed by atoms with E-state index in [1.54, 1.807) is 0 Å². The minimum atomic E-state index is 0.290. The third kappa shape index (κ3) is 2.89. The minimum Gasteiger partial charge on any atom is -0.379 e. The average Bonchev–Trinajstić information content (AvgIpc) is 2.72. The molecule has 0 aliphatic carbocycles. The molecule has 0 spiro atoms. The molecular weight excluding hydrogens is 226 g/mol. The number of para-hydroxylation sites is 2. The number of ether oxygens (including phenoxy) is 1. The Morgan fingerprint density at radius 2 is 2.11 bits per heavy atom. The zero-order valence-corrected chi connectivity index (χ0v) is 11.1. The van der Waals surface area contributed by atoms with Crippen LogP contribution in [0.3, 0.4) is 0 Å². The van der Waals surface area contributed by atoms with E-state index in [0.717, 1.165) is 36.4 Å². The molecule has 1 heterocycles. The summed E-state index contributed by atoms with van der Waals surface area (Å²) in [6.07, 6.45) is 1.27. The fraction of sp³-hybridized carbons (Fsp3) is 0.500. The summed E-state index contributed by atoms with van der Waals surface area (Å²) in [5, 5.41) is 0. The van der Waals surface area contributed by atoms with Gasteiger partial charge in [0.1, 0.15) is 5.82 Å². The van der Waals surface area contributed by atoms with Crippen molar-refractivity contribution in [1.82, 2.24) is 9.55 Å². The third-order valence-corrected chi connectivity index (χ3v) is 2.89. The van der Waals surface area contributed by atoms with Gasteiger partial charge in [-0.15, -0.1) is 0 Å². The highest BCUT2D eigenvalue weighted by Gasteiger charge is 2.08. The van der Waals surface area contributed by atoms with Crippen molar-refractivity contribution >= 4 is 11.0 Å². The molecule has 0 amide bonds. The molecule has 0 fully saturated rings. The van der Waals surface area contributed by atoms with Crippen LogP contribution in [0.2, 0.25) is 0 Å². The zero-order valence-electron chi connectivity index (χ0n) is 11.1. The summed E-state index contributed by atoms with van der Waals surface area (Å²) in [6, 6.07) is 8.15. The quantitative estimate of drug-likeness (QED) is 0.797. The summed E-state index contributed by atoms with van der Waals surface area (Å²) in [5.74, 6) is 0.945. The zero-order chi connectivity index (χ0) is 13.0. The molecule has 18 heavy (non-hydrogen) atoms. The normalized spacial score (nSPS) is 11.6. The lowest BCUT2D eigenvalue weighted by Gasteiger charge is -2.10. The van der Waals surface area contributed by atoms with Gasteiger partial charge in [-0.1, -0.05) is 12.1 Å². The first-order valence-electron chi connectivity index (χ1n) is 6.48. The van der Waals surface area contributed by atoms with Crippen molar-refractivity contribution in [2.75, 3.05) is 6.61 Å². The molecule has 0 radical (unpaired) electrons. The number of imidazole rings is 1. The van der Waals surface area contributed by atoms with Gasteiger partial charge in [-0.05, 0) is 32.4 Å². The number of benzene rings is 1. The Labute approximate surface area is 108 Å². The van der Waals surface area contributed by atoms with Gasteiger partial charge >= 0.3 is 0 Å². The molecule has 4 nitrogen and oxygen atoms in total. The fourth-order valence-corrected chi connectivity index (χ4v) is 2.07. The van der Waals surface area contributed by atoms with E-state index < -0.39 is 0 Å². The first kappa shape index (κ1) is 13.1. The van der Waals surface area contributed by atoms with Crippen LogP contribution in [0.25, 0.3) is 11.0 Å². The van der Waals surface area contributed by atoms with E-state index in [0.29, 0.717) is 12.6 Å². The lowest BCUT2D eigenvalue weighted by atomic mass is 10.3. The second kappa shape index (κ2) is 5.98. The van der Waals surface area contributed by atoms with Crippen LogP contribution in [0.5, 0.6) is 0 Å². The summed E-state index contributed by atoms with van der Waals surface area (Å²) in [6.45, 7) is 6.25. The van der Waals surface area contributed by atoms with E-state index >= 15 is 0 Å². The molecule has 4 heteroatoms. The molecule has 0 bridgehead atoms. The fourth-order valence-electron chi connectivity index (χ4n) is 2.07. The SMILES string of the molecule is CC(C)OCCCn1c(CN)nc2ccccc21. The van der Waals surface area contributed by atoms with Crippen LogP contribution < -0.4 is 5.73 Å². The van der Waals surface area contributed by atoms with E-state index in [-0.39, 0.29) is 0 Å². The monoisotopic (exact) mass is 247 g/mol. The molecule has 0 aliphatic heterocycles. The number of fused-ring (bicyclic) bond motifs is 1. The predicted octanol–water partition coefficient (Wildman–Crippen LogP) is 2.31. The minimum absolute atomic E-state index is 0.290. The van der Waals surface area contributed by atoms with E-state index in [1.807, 2.05) is 18.2 Å². The van der Waals surface area contributed by atoms with Gasteiger partial charge in [-0.3, -0.25) is 0 Å². The average molecular weight is 247 g/mol. The van der Waals surface area contributed by atoms with Crippen LogP contribution in [0.15, 0.2) is 24.3 Å². The largest absolute Gasteiger partial charge is 0.379 e. The van der Waals surface area contributed by atoms with Crippen LogP contribution in [0.1, 0.15) is 26.1 Å². The lowest BCUT2D eigenvalue weighted by molar-refractivity contribution is 0.0749. The van der Waals surface area contributed by atoms with Crippen LogP contribution in [0, 0.1) is 0 Å². The van der Waals surface area contributed by atoms with Gasteiger partial charge in [0.05, 0.1) is 23.7 Å². The molecule has 98 valence electrons. The Hall–Kier alpha value is -1.39. The second-order valence-electron chi connectivity index (χ2n) is 4.65. The van der Waals surface area contributed by atoms with Crippen molar-refractivity contribution in [3.63, 3.8) is 0 Å². The number of rotatable bonds is 6. The van der Waals surface area contributed by atoms with E-state index in [1.165, 1.54) is 0 Å². The van der Waals surface area contributed by atoms with Crippen LogP contribution in [0.4, 0.5) is 0 Å². The number of hydrogen-bond acceptors (Lipinski definition) is 3. The Bertz CT molecular complexity index is 505. The highest BCUT2D eigenvalue weighted by Crippen LogP contribution is 2.16. The summed E-state index contributed by atoms with van der Waals surface area (Å²) in [4.78, 5) is 4.54. The third-order valence-electron chi connectivity index (χ3n) is 2.89. The molecule has 1 aromatic carbocycles. The Morgan fingerprint density at radius 1 is 1.33 bits per heavy atom. The molecule has 2 N–H and O–H groups in total. The number of nitrogens with zero attached hydrogens (tertiary/aromatic N) is 2. The van der Waals surface area contributed by atoms with Crippen LogP contribution in [-0.4, -0.2) is 22.3 Å². The first-order chi connectivity index (χ1) is 8.72. The maximum absolute atomic E-state index is 5.75. The summed E-state index contributed by atoms with van der Waals surface area (Å²) < 4.78 is 7.75. The smallest absolute Gasteiger partial charge is 0.123 e. The van der Waals surface area contributed by atoms with E-state index in [4.69, 9.17) is 10.5 Å². The molecule has 2 rings (SSSR count). The van der Waals surface area contributed by atoms with Crippen LogP contribution in [-0.2, 0) is 17.8 Å². The van der Waals surface area contributed by atoms with Crippen LogP contribution >= 0.6 is 0 Å². The van der Waals surface area contributed by atoms with Crippen molar-refractivity contribution in [2.45, 2.75) is 39.5 Å². The molecule has 0 unspecified atom stereocenters. The first-order valence-corrected chi connectivity index (χ1v) is 6.48. The van der Waals surface area contributed by atoms with E-state index in [9.17, 15) is 0 Å². The number of hydrogen-bond donors (Lipinski definition) is 1. The summed E-state index contributed by atoms with van der Waals surface area (Å²) in [7, 11) is 0. The van der Waals surface area contributed by atoms with Crippen molar-refractivity contribution in [3.8, 4) is 0 Å². The number of aromatic nitrogens is 2. The number of aryl methyl sites for hydroxylation is 1.